The van der Waals surface area contributed by atoms with Crippen molar-refractivity contribution in [1.29, 1.82) is 0 Å². The number of fused-ring (bicyclic) bond motifs is 1. The van der Waals surface area contributed by atoms with E-state index < -0.39 is 11.9 Å². The third-order valence-electron chi connectivity index (χ3n) is 6.97. The Bertz CT molecular complexity index is 1260. The van der Waals surface area contributed by atoms with E-state index in [4.69, 9.17) is 9.47 Å². The van der Waals surface area contributed by atoms with Crippen molar-refractivity contribution in [2.75, 3.05) is 26.4 Å². The highest BCUT2D eigenvalue weighted by atomic mass is 19.1. The molecule has 1 fully saturated rings. The minimum atomic E-state index is -0.560. The Hall–Kier alpha value is -3.58. The summed E-state index contributed by atoms with van der Waals surface area (Å²) in [6.45, 7) is 5.73. The van der Waals surface area contributed by atoms with Crippen molar-refractivity contribution in [3.8, 4) is 23.0 Å². The molecule has 2 atom stereocenters. The number of hydrogen-bond acceptors (Lipinski definition) is 5. The van der Waals surface area contributed by atoms with Crippen molar-refractivity contribution < 1.29 is 28.5 Å². The smallest absolute Gasteiger partial charge is 0.150 e. The average Bonchev–Trinajstić information content (AvgIpc) is 2.82. The van der Waals surface area contributed by atoms with Crippen LogP contribution in [0.2, 0.25) is 0 Å². The van der Waals surface area contributed by atoms with Gasteiger partial charge in [0, 0.05) is 42.3 Å². The highest BCUT2D eigenvalue weighted by molar-refractivity contribution is 5.95. The SMILES string of the molecule is CC1=C(c2cc(O)cc(F)c2)C(c2ccc(OCC(C)N3CC(CF)C3)cc2)Oc2ccc(O)cc21. The van der Waals surface area contributed by atoms with E-state index in [1.165, 1.54) is 12.1 Å². The number of alkyl halides is 1. The molecular formula is C29H29F2NO4. The number of ether oxygens (including phenoxy) is 2. The fourth-order valence-electron chi connectivity index (χ4n) is 4.90. The number of nitrogens with zero attached hydrogens (tertiary/aromatic N) is 1. The maximum absolute atomic E-state index is 14.2. The highest BCUT2D eigenvalue weighted by Gasteiger charge is 2.31. The van der Waals surface area contributed by atoms with Crippen LogP contribution in [0.25, 0.3) is 11.1 Å². The Morgan fingerprint density at radius 3 is 2.47 bits per heavy atom. The average molecular weight is 494 g/mol. The lowest BCUT2D eigenvalue weighted by Gasteiger charge is -2.41. The molecule has 1 saturated heterocycles. The van der Waals surface area contributed by atoms with Crippen LogP contribution >= 0.6 is 0 Å². The number of halogens is 2. The fourth-order valence-corrected chi connectivity index (χ4v) is 4.90. The van der Waals surface area contributed by atoms with Crippen LogP contribution < -0.4 is 9.47 Å². The molecule has 0 aromatic heterocycles. The molecule has 2 N–H and O–H groups in total. The van der Waals surface area contributed by atoms with Gasteiger partial charge in [-0.2, -0.15) is 0 Å². The molecule has 5 rings (SSSR count). The zero-order valence-electron chi connectivity index (χ0n) is 20.2. The molecule has 0 bridgehead atoms. The van der Waals surface area contributed by atoms with Crippen molar-refractivity contribution in [3.05, 3.63) is 83.2 Å². The summed E-state index contributed by atoms with van der Waals surface area (Å²) in [6.07, 6.45) is -0.560. The molecule has 0 radical (unpaired) electrons. The van der Waals surface area contributed by atoms with Crippen LogP contribution in [0.3, 0.4) is 0 Å². The topological polar surface area (TPSA) is 62.2 Å². The van der Waals surface area contributed by atoms with E-state index in [0.29, 0.717) is 34.8 Å². The predicted molar refractivity (Wildman–Crippen MR) is 134 cm³/mol. The van der Waals surface area contributed by atoms with Gasteiger partial charge in [-0.25, -0.2) is 4.39 Å². The van der Waals surface area contributed by atoms with Gasteiger partial charge in [0.25, 0.3) is 0 Å². The molecule has 188 valence electrons. The maximum atomic E-state index is 14.2. The van der Waals surface area contributed by atoms with Gasteiger partial charge in [-0.3, -0.25) is 9.29 Å². The number of benzene rings is 3. The van der Waals surface area contributed by atoms with E-state index in [2.05, 4.69) is 11.8 Å². The number of allylic oxidation sites excluding steroid dienone is 1. The second-order valence-corrected chi connectivity index (χ2v) is 9.62. The van der Waals surface area contributed by atoms with Gasteiger partial charge in [0.05, 0.1) is 6.67 Å². The maximum Gasteiger partial charge on any atom is 0.150 e. The van der Waals surface area contributed by atoms with Gasteiger partial charge in [-0.15, -0.1) is 0 Å². The fraction of sp³-hybridized carbons (Fsp3) is 0.310. The molecule has 3 aromatic rings. The molecule has 0 saturated carbocycles. The lowest BCUT2D eigenvalue weighted by Crippen LogP contribution is -2.53. The van der Waals surface area contributed by atoms with Crippen LogP contribution in [-0.2, 0) is 0 Å². The minimum Gasteiger partial charge on any atom is -0.508 e. The van der Waals surface area contributed by atoms with Crippen LogP contribution in [0.15, 0.2) is 60.7 Å². The van der Waals surface area contributed by atoms with Crippen LogP contribution in [0.1, 0.15) is 36.6 Å². The van der Waals surface area contributed by atoms with E-state index in [1.807, 2.05) is 31.2 Å². The number of likely N-dealkylation sites (tertiary alicyclic amines) is 1. The van der Waals surface area contributed by atoms with E-state index in [-0.39, 0.29) is 30.1 Å². The molecule has 0 amide bonds. The van der Waals surface area contributed by atoms with E-state index in [1.54, 1.807) is 18.2 Å². The first-order valence-corrected chi connectivity index (χ1v) is 12.1. The number of phenols is 2. The molecule has 2 heterocycles. The quantitative estimate of drug-likeness (QED) is 0.425. The van der Waals surface area contributed by atoms with E-state index in [9.17, 15) is 19.0 Å². The molecule has 0 spiro atoms. The molecule has 5 nitrogen and oxygen atoms in total. The molecule has 2 aliphatic heterocycles. The van der Waals surface area contributed by atoms with Gasteiger partial charge in [0.2, 0.25) is 0 Å². The first kappa shape index (κ1) is 24.1. The summed E-state index contributed by atoms with van der Waals surface area (Å²) in [6, 6.07) is 16.6. The normalized spacial score (nSPS) is 18.8. The Kier molecular flexibility index (Phi) is 6.58. The Balaban J connectivity index is 1.41. The zero-order chi connectivity index (χ0) is 25.4. The number of hydrogen-bond donors (Lipinski definition) is 2. The summed E-state index contributed by atoms with van der Waals surface area (Å²) < 4.78 is 39.3. The van der Waals surface area contributed by atoms with Gasteiger partial charge >= 0.3 is 0 Å². The molecule has 36 heavy (non-hydrogen) atoms. The number of phenolic OH excluding ortho intramolecular Hbond substituents is 2. The summed E-state index contributed by atoms with van der Waals surface area (Å²) in [5.41, 5.74) is 3.56. The monoisotopic (exact) mass is 493 g/mol. The molecule has 2 aliphatic rings. The van der Waals surface area contributed by atoms with Gasteiger partial charge < -0.3 is 19.7 Å². The van der Waals surface area contributed by atoms with Gasteiger partial charge in [-0.05, 0) is 73.0 Å². The van der Waals surface area contributed by atoms with E-state index >= 15 is 0 Å². The summed E-state index contributed by atoms with van der Waals surface area (Å²) in [7, 11) is 0. The summed E-state index contributed by atoms with van der Waals surface area (Å²) >= 11 is 0. The van der Waals surface area contributed by atoms with Gasteiger partial charge in [-0.1, -0.05) is 12.1 Å². The van der Waals surface area contributed by atoms with Crippen molar-refractivity contribution in [2.24, 2.45) is 5.92 Å². The summed E-state index contributed by atoms with van der Waals surface area (Å²) in [5.74, 6) is 0.829. The molecule has 3 aromatic carbocycles. The Morgan fingerprint density at radius 1 is 1.03 bits per heavy atom. The molecule has 0 aliphatic carbocycles. The number of aromatic hydroxyl groups is 2. The van der Waals surface area contributed by atoms with Crippen molar-refractivity contribution in [2.45, 2.75) is 26.0 Å². The van der Waals surface area contributed by atoms with Crippen LogP contribution in [0.4, 0.5) is 8.78 Å². The standard InChI is InChI=1S/C29H29F2NO4/c1-17(32-14-19(13-30)15-32)16-35-25-6-3-20(4-7-25)29-28(21-9-22(31)11-24(34)10-21)18(2)26-12-23(33)5-8-27(26)36-29/h3-12,17,19,29,33-34H,13-16H2,1-2H3. The largest absolute Gasteiger partial charge is 0.508 e. The van der Waals surface area contributed by atoms with Gasteiger partial charge in [0.15, 0.2) is 0 Å². The molecule has 2 unspecified atom stereocenters. The second-order valence-electron chi connectivity index (χ2n) is 9.62. The third-order valence-corrected chi connectivity index (χ3v) is 6.97. The summed E-state index contributed by atoms with van der Waals surface area (Å²) in [5, 5.41) is 20.1. The second kappa shape index (κ2) is 9.82. The first-order valence-electron chi connectivity index (χ1n) is 12.1. The van der Waals surface area contributed by atoms with Gasteiger partial charge in [0.1, 0.15) is 41.5 Å². The van der Waals surface area contributed by atoms with Crippen molar-refractivity contribution in [3.63, 3.8) is 0 Å². The first-order chi connectivity index (χ1) is 17.3. The lowest BCUT2D eigenvalue weighted by atomic mass is 9.86. The van der Waals surface area contributed by atoms with Crippen molar-refractivity contribution >= 4 is 11.1 Å². The third kappa shape index (κ3) is 4.75. The highest BCUT2D eigenvalue weighted by Crippen LogP contribution is 2.48. The van der Waals surface area contributed by atoms with Crippen LogP contribution in [-0.4, -0.2) is 47.5 Å². The minimum absolute atomic E-state index is 0.103. The lowest BCUT2D eigenvalue weighted by molar-refractivity contribution is 0.0265. The van der Waals surface area contributed by atoms with E-state index in [0.717, 1.165) is 30.3 Å². The van der Waals surface area contributed by atoms with Crippen LogP contribution in [0.5, 0.6) is 23.0 Å². The predicted octanol–water partition coefficient (Wildman–Crippen LogP) is 5.97. The molecular weight excluding hydrogens is 464 g/mol. The number of rotatable bonds is 7. The summed E-state index contributed by atoms with van der Waals surface area (Å²) in [4.78, 5) is 2.21. The molecule has 7 heteroatoms. The Labute approximate surface area is 209 Å². The van der Waals surface area contributed by atoms with Crippen molar-refractivity contribution in [1.82, 2.24) is 4.90 Å². The zero-order valence-corrected chi connectivity index (χ0v) is 20.2. The Morgan fingerprint density at radius 2 is 1.78 bits per heavy atom. The van der Waals surface area contributed by atoms with Crippen LogP contribution in [0, 0.1) is 11.7 Å².